The smallest absolute Gasteiger partial charge is 0.339 e. The number of rotatable bonds is 7. The predicted molar refractivity (Wildman–Crippen MR) is 101 cm³/mol. The van der Waals surface area contributed by atoms with Gasteiger partial charge in [0.25, 0.3) is 5.91 Å². The molecule has 1 amide bonds. The Bertz CT molecular complexity index is 915. The first-order valence-electron chi connectivity index (χ1n) is 8.84. The van der Waals surface area contributed by atoms with E-state index >= 15 is 0 Å². The summed E-state index contributed by atoms with van der Waals surface area (Å²) in [5.74, 6) is -1.13. The van der Waals surface area contributed by atoms with Crippen LogP contribution < -0.4 is 15.7 Å². The van der Waals surface area contributed by atoms with E-state index in [4.69, 9.17) is 9.15 Å². The molecule has 0 spiro atoms. The summed E-state index contributed by atoms with van der Waals surface area (Å²) >= 11 is 0. The molecule has 1 heterocycles. The van der Waals surface area contributed by atoms with Crippen LogP contribution in [0.1, 0.15) is 38.3 Å². The van der Waals surface area contributed by atoms with Gasteiger partial charge in [0.2, 0.25) is 0 Å². The van der Waals surface area contributed by atoms with Gasteiger partial charge >= 0.3 is 11.6 Å². The molecular weight excluding hydrogens is 350 g/mol. The van der Waals surface area contributed by atoms with Gasteiger partial charge in [-0.15, -0.1) is 0 Å². The summed E-state index contributed by atoms with van der Waals surface area (Å²) in [6, 6.07) is 4.03. The molecule has 2 atom stereocenters. The van der Waals surface area contributed by atoms with E-state index in [1.165, 1.54) is 6.92 Å². The maximum absolute atomic E-state index is 12.3. The summed E-state index contributed by atoms with van der Waals surface area (Å²) in [6.07, 6.45) is -0.581. The lowest BCUT2D eigenvalue weighted by Gasteiger charge is -2.20. The fourth-order valence-corrected chi connectivity index (χ4v) is 2.74. The second-order valence-corrected chi connectivity index (χ2v) is 7.09. The minimum atomic E-state index is -1.08. The van der Waals surface area contributed by atoms with Crippen molar-refractivity contribution in [2.24, 2.45) is 5.92 Å². The van der Waals surface area contributed by atoms with Gasteiger partial charge in [0.05, 0.1) is 0 Å². The van der Waals surface area contributed by atoms with Crippen LogP contribution in [-0.2, 0) is 9.59 Å². The van der Waals surface area contributed by atoms with Crippen molar-refractivity contribution in [3.63, 3.8) is 0 Å². The molecule has 0 bridgehead atoms. The van der Waals surface area contributed by atoms with Gasteiger partial charge in [-0.2, -0.15) is 0 Å². The zero-order chi connectivity index (χ0) is 20.3. The molecule has 146 valence electrons. The second kappa shape index (κ2) is 8.24. The highest BCUT2D eigenvalue weighted by molar-refractivity contribution is 5.86. The molecule has 1 aromatic carbocycles. The van der Waals surface area contributed by atoms with E-state index in [0.29, 0.717) is 23.3 Å². The van der Waals surface area contributed by atoms with E-state index in [0.717, 1.165) is 10.9 Å². The van der Waals surface area contributed by atoms with E-state index < -0.39 is 29.6 Å². The fraction of sp³-hybridized carbons (Fsp3) is 0.450. The number of fused-ring (bicyclic) bond motifs is 1. The number of aryl methyl sites for hydroxylation is 1. The summed E-state index contributed by atoms with van der Waals surface area (Å²) < 4.78 is 10.9. The number of carbonyl (C=O) groups excluding carboxylic acids is 1. The maximum atomic E-state index is 12.3. The Balaban J connectivity index is 2.16. The third kappa shape index (κ3) is 4.87. The largest absolute Gasteiger partial charge is 0.481 e. The van der Waals surface area contributed by atoms with Crippen LogP contribution in [0.15, 0.2) is 27.4 Å². The quantitative estimate of drug-likeness (QED) is 0.721. The molecule has 0 aliphatic rings. The summed E-state index contributed by atoms with van der Waals surface area (Å²) in [7, 11) is 0. The lowest BCUT2D eigenvalue weighted by molar-refractivity contribution is -0.143. The van der Waals surface area contributed by atoms with Crippen molar-refractivity contribution >= 4 is 22.8 Å². The van der Waals surface area contributed by atoms with Crippen LogP contribution in [0.5, 0.6) is 5.75 Å². The van der Waals surface area contributed by atoms with Gasteiger partial charge in [-0.3, -0.25) is 4.79 Å². The van der Waals surface area contributed by atoms with Crippen LogP contribution >= 0.6 is 0 Å². The fourth-order valence-electron chi connectivity index (χ4n) is 2.74. The van der Waals surface area contributed by atoms with Crippen LogP contribution in [0.2, 0.25) is 0 Å². The van der Waals surface area contributed by atoms with Crippen molar-refractivity contribution in [3.8, 4) is 5.75 Å². The number of hydrogen-bond donors (Lipinski definition) is 2. The van der Waals surface area contributed by atoms with Crippen molar-refractivity contribution in [1.29, 1.82) is 0 Å². The molecule has 1 aromatic heterocycles. The normalized spacial score (nSPS) is 13.4. The van der Waals surface area contributed by atoms with Crippen molar-refractivity contribution in [1.82, 2.24) is 5.32 Å². The minimum Gasteiger partial charge on any atom is -0.481 e. The summed E-state index contributed by atoms with van der Waals surface area (Å²) in [5.41, 5.74) is 1.34. The van der Waals surface area contributed by atoms with Crippen molar-refractivity contribution in [3.05, 3.63) is 39.7 Å². The number of aliphatic carboxylic acids is 1. The number of carbonyl (C=O) groups is 2. The Labute approximate surface area is 157 Å². The van der Waals surface area contributed by atoms with Crippen molar-refractivity contribution < 1.29 is 23.8 Å². The molecule has 0 fully saturated rings. The molecule has 0 radical (unpaired) electrons. The van der Waals surface area contributed by atoms with E-state index in [2.05, 4.69) is 5.32 Å². The van der Waals surface area contributed by atoms with Crippen LogP contribution in [0, 0.1) is 19.8 Å². The molecule has 0 unspecified atom stereocenters. The molecule has 7 nitrogen and oxygen atoms in total. The molecule has 7 heteroatoms. The zero-order valence-corrected chi connectivity index (χ0v) is 16.2. The molecule has 27 heavy (non-hydrogen) atoms. The highest BCUT2D eigenvalue weighted by Gasteiger charge is 2.24. The first-order chi connectivity index (χ1) is 12.6. The number of hydrogen-bond acceptors (Lipinski definition) is 5. The average molecular weight is 375 g/mol. The Morgan fingerprint density at radius 2 is 1.85 bits per heavy atom. The van der Waals surface area contributed by atoms with Crippen LogP contribution in [0.3, 0.4) is 0 Å². The Hall–Kier alpha value is -2.83. The number of nitrogens with one attached hydrogen (secondary N) is 1. The Kier molecular flexibility index (Phi) is 6.25. The molecule has 0 aliphatic heterocycles. The van der Waals surface area contributed by atoms with Gasteiger partial charge in [0.15, 0.2) is 6.10 Å². The first kappa shape index (κ1) is 20.5. The van der Waals surface area contributed by atoms with Gasteiger partial charge in [-0.05, 0) is 50.8 Å². The van der Waals surface area contributed by atoms with E-state index in [1.54, 1.807) is 25.1 Å². The molecule has 0 saturated carbocycles. The summed E-state index contributed by atoms with van der Waals surface area (Å²) in [5, 5.41) is 12.5. The molecule has 2 aromatic rings. The topological polar surface area (TPSA) is 106 Å². The van der Waals surface area contributed by atoms with Gasteiger partial charge in [0, 0.05) is 17.0 Å². The minimum absolute atomic E-state index is 0.123. The molecule has 0 aliphatic carbocycles. The lowest BCUT2D eigenvalue weighted by atomic mass is 10.0. The predicted octanol–water partition coefficient (Wildman–Crippen LogP) is 2.79. The molecule has 0 saturated heterocycles. The van der Waals surface area contributed by atoms with Gasteiger partial charge in [-0.25, -0.2) is 9.59 Å². The summed E-state index contributed by atoms with van der Waals surface area (Å²) in [4.78, 5) is 35.4. The van der Waals surface area contributed by atoms with Gasteiger partial charge in [0.1, 0.15) is 17.4 Å². The highest BCUT2D eigenvalue weighted by atomic mass is 16.5. The first-order valence-corrected chi connectivity index (χ1v) is 8.84. The van der Waals surface area contributed by atoms with Crippen LogP contribution in [0.4, 0.5) is 0 Å². The summed E-state index contributed by atoms with van der Waals surface area (Å²) in [6.45, 7) is 8.84. The van der Waals surface area contributed by atoms with E-state index in [-0.39, 0.29) is 5.92 Å². The standard InChI is InChI=1S/C20H25NO6/c1-10(2)8-16(19(23)24)21-18(22)13(5)26-14-6-7-15-11(3)12(4)20(25)27-17(15)9-14/h6-7,9-10,13,16H,8H2,1-5H3,(H,21,22)(H,23,24)/t13-,16-/m0/s1. The second-order valence-electron chi connectivity index (χ2n) is 7.09. The van der Waals surface area contributed by atoms with Gasteiger partial charge < -0.3 is 19.6 Å². The van der Waals surface area contributed by atoms with Crippen LogP contribution in [0.25, 0.3) is 11.0 Å². The number of carboxylic acid groups (broad SMARTS) is 1. The monoisotopic (exact) mass is 375 g/mol. The Morgan fingerprint density at radius 3 is 2.44 bits per heavy atom. The third-order valence-corrected chi connectivity index (χ3v) is 4.43. The van der Waals surface area contributed by atoms with Crippen molar-refractivity contribution in [2.45, 2.75) is 53.2 Å². The number of benzene rings is 1. The molecular formula is C20H25NO6. The Morgan fingerprint density at radius 1 is 1.19 bits per heavy atom. The molecule has 2 N–H and O–H groups in total. The molecule has 2 rings (SSSR count). The third-order valence-electron chi connectivity index (χ3n) is 4.43. The number of carboxylic acids is 1. The lowest BCUT2D eigenvalue weighted by Crippen LogP contribution is -2.46. The number of amides is 1. The van der Waals surface area contributed by atoms with E-state index in [1.807, 2.05) is 20.8 Å². The van der Waals surface area contributed by atoms with Crippen LogP contribution in [-0.4, -0.2) is 29.1 Å². The van der Waals surface area contributed by atoms with Gasteiger partial charge in [-0.1, -0.05) is 13.8 Å². The van der Waals surface area contributed by atoms with E-state index in [9.17, 15) is 19.5 Å². The SMILES string of the molecule is Cc1c(C)c2ccc(O[C@@H](C)C(=O)N[C@@H](CC(C)C)C(=O)O)cc2oc1=O. The maximum Gasteiger partial charge on any atom is 0.339 e. The average Bonchev–Trinajstić information content (AvgIpc) is 2.58. The van der Waals surface area contributed by atoms with Crippen molar-refractivity contribution in [2.75, 3.05) is 0 Å². The highest BCUT2D eigenvalue weighted by Crippen LogP contribution is 2.24. The number of ether oxygens (including phenoxy) is 1. The zero-order valence-electron chi connectivity index (χ0n) is 16.2.